The van der Waals surface area contributed by atoms with Gasteiger partial charge in [0.15, 0.2) is 0 Å². The summed E-state index contributed by atoms with van der Waals surface area (Å²) in [6.45, 7) is 8.19. The second-order valence-corrected chi connectivity index (χ2v) is 9.07. The number of benzene rings is 3. The van der Waals surface area contributed by atoms with Crippen LogP contribution in [0.15, 0.2) is 66.7 Å². The first-order valence-corrected chi connectivity index (χ1v) is 11.6. The summed E-state index contributed by atoms with van der Waals surface area (Å²) in [6, 6.07) is 18.8. The van der Waals surface area contributed by atoms with E-state index in [2.05, 4.69) is 36.7 Å². The second kappa shape index (κ2) is 11.4. The largest absolute Gasteiger partial charge is 0.497 e. The lowest BCUT2D eigenvalue weighted by Gasteiger charge is -2.19. The highest BCUT2D eigenvalue weighted by Crippen LogP contribution is 2.26. The van der Waals surface area contributed by atoms with Crippen LogP contribution in [0, 0.1) is 0 Å². The van der Waals surface area contributed by atoms with E-state index in [4.69, 9.17) is 9.47 Å². The van der Waals surface area contributed by atoms with E-state index < -0.39 is 12.0 Å². The zero-order valence-electron chi connectivity index (χ0n) is 21.1. The van der Waals surface area contributed by atoms with Crippen LogP contribution in [-0.2, 0) is 10.2 Å². The summed E-state index contributed by atoms with van der Waals surface area (Å²) in [7, 11) is 1.56. The predicted molar refractivity (Wildman–Crippen MR) is 141 cm³/mol. The van der Waals surface area contributed by atoms with Gasteiger partial charge in [0.25, 0.3) is 11.8 Å². The molecule has 0 bridgehead atoms. The Kier molecular flexibility index (Phi) is 8.32. The Hall–Kier alpha value is -4.33. The van der Waals surface area contributed by atoms with E-state index in [0.717, 1.165) is 5.56 Å². The molecule has 3 amide bonds. The van der Waals surface area contributed by atoms with Gasteiger partial charge in [-0.2, -0.15) is 0 Å². The summed E-state index contributed by atoms with van der Waals surface area (Å²) in [5.74, 6) is -0.156. The van der Waals surface area contributed by atoms with Gasteiger partial charge in [-0.25, -0.2) is 4.79 Å². The number of hydrogen-bond acceptors (Lipinski definition) is 5. The fourth-order valence-electron chi connectivity index (χ4n) is 3.40. The molecule has 36 heavy (non-hydrogen) atoms. The minimum Gasteiger partial charge on any atom is -0.497 e. The molecule has 188 valence electrons. The Morgan fingerprint density at radius 2 is 1.42 bits per heavy atom. The maximum Gasteiger partial charge on any atom is 0.411 e. The lowest BCUT2D eigenvalue weighted by atomic mass is 9.86. The molecule has 0 atom stereocenters. The van der Waals surface area contributed by atoms with Crippen molar-refractivity contribution in [2.75, 3.05) is 29.7 Å². The van der Waals surface area contributed by atoms with Gasteiger partial charge >= 0.3 is 6.09 Å². The molecule has 8 nitrogen and oxygen atoms in total. The number of anilines is 3. The van der Waals surface area contributed by atoms with Crippen molar-refractivity contribution in [2.45, 2.75) is 33.1 Å². The van der Waals surface area contributed by atoms with Crippen molar-refractivity contribution in [3.05, 3.63) is 83.4 Å². The first kappa shape index (κ1) is 26.3. The molecular weight excluding hydrogens is 458 g/mol. The average molecular weight is 490 g/mol. The molecule has 0 unspecified atom stereocenters. The summed E-state index contributed by atoms with van der Waals surface area (Å²) in [4.78, 5) is 38.0. The summed E-state index contributed by atoms with van der Waals surface area (Å²) >= 11 is 0. The number of methoxy groups -OCH3 is 1. The number of carbonyl (C=O) groups is 3. The lowest BCUT2D eigenvalue weighted by Crippen LogP contribution is -2.20. The number of ether oxygens (including phenoxy) is 2. The maximum absolute atomic E-state index is 13.1. The first-order chi connectivity index (χ1) is 17.1. The van der Waals surface area contributed by atoms with Crippen LogP contribution in [0.2, 0.25) is 0 Å². The van der Waals surface area contributed by atoms with Crippen LogP contribution in [0.4, 0.5) is 21.9 Å². The molecule has 0 heterocycles. The highest BCUT2D eigenvalue weighted by atomic mass is 16.5. The Morgan fingerprint density at radius 1 is 0.778 bits per heavy atom. The summed E-state index contributed by atoms with van der Waals surface area (Å²) in [5.41, 5.74) is 2.87. The monoisotopic (exact) mass is 489 g/mol. The molecule has 0 aliphatic heterocycles. The molecule has 0 aliphatic carbocycles. The molecule has 8 heteroatoms. The van der Waals surface area contributed by atoms with Gasteiger partial charge in [0.2, 0.25) is 0 Å². The predicted octanol–water partition coefficient (Wildman–Crippen LogP) is 6.07. The van der Waals surface area contributed by atoms with Crippen LogP contribution in [0.25, 0.3) is 0 Å². The standard InChI is InChI=1S/C28H31N3O5/c1-6-36-27(34)30-21-13-16-23(26(33)29-20-11-14-22(35-5)15-12-20)24(17-21)31-25(32)18-7-9-19(10-8-18)28(2,3)4/h7-17H,6H2,1-5H3,(H,29,33)(H,30,34)(H,31,32). The third kappa shape index (κ3) is 6.85. The van der Waals surface area contributed by atoms with Crippen LogP contribution in [-0.4, -0.2) is 31.6 Å². The molecule has 0 saturated heterocycles. The van der Waals surface area contributed by atoms with E-state index in [1.165, 1.54) is 12.1 Å². The second-order valence-electron chi connectivity index (χ2n) is 9.07. The van der Waals surface area contributed by atoms with Crippen molar-refractivity contribution in [2.24, 2.45) is 0 Å². The molecule has 0 fully saturated rings. The Morgan fingerprint density at radius 3 is 2.00 bits per heavy atom. The van der Waals surface area contributed by atoms with Gasteiger partial charge in [-0.15, -0.1) is 0 Å². The Labute approximate surface area is 211 Å². The van der Waals surface area contributed by atoms with Gasteiger partial charge in [0.1, 0.15) is 5.75 Å². The number of nitrogens with one attached hydrogen (secondary N) is 3. The number of rotatable bonds is 7. The van der Waals surface area contributed by atoms with Gasteiger partial charge in [0.05, 0.1) is 25.0 Å². The Bertz CT molecular complexity index is 1230. The molecule has 3 rings (SSSR count). The highest BCUT2D eigenvalue weighted by Gasteiger charge is 2.18. The molecule has 0 spiro atoms. The van der Waals surface area contributed by atoms with E-state index >= 15 is 0 Å². The van der Waals surface area contributed by atoms with Crippen molar-refractivity contribution in [1.82, 2.24) is 0 Å². The lowest BCUT2D eigenvalue weighted by molar-refractivity contribution is 0.102. The van der Waals surface area contributed by atoms with Gasteiger partial charge in [0, 0.05) is 16.9 Å². The fraction of sp³-hybridized carbons (Fsp3) is 0.250. The zero-order chi connectivity index (χ0) is 26.3. The van der Waals surface area contributed by atoms with E-state index in [0.29, 0.717) is 22.7 Å². The molecule has 3 N–H and O–H groups in total. The number of carbonyl (C=O) groups excluding carboxylic acids is 3. The van der Waals surface area contributed by atoms with Gasteiger partial charge in [-0.05, 0) is 72.5 Å². The zero-order valence-corrected chi connectivity index (χ0v) is 21.1. The number of amides is 3. The molecule has 0 aliphatic rings. The van der Waals surface area contributed by atoms with Crippen molar-refractivity contribution in [1.29, 1.82) is 0 Å². The van der Waals surface area contributed by atoms with Crippen molar-refractivity contribution < 1.29 is 23.9 Å². The molecule has 0 aromatic heterocycles. The van der Waals surface area contributed by atoms with E-state index in [9.17, 15) is 14.4 Å². The topological polar surface area (TPSA) is 106 Å². The van der Waals surface area contributed by atoms with Crippen LogP contribution < -0.4 is 20.7 Å². The fourth-order valence-corrected chi connectivity index (χ4v) is 3.40. The van der Waals surface area contributed by atoms with E-state index in [1.807, 2.05) is 12.1 Å². The molecular formula is C28H31N3O5. The van der Waals surface area contributed by atoms with Crippen molar-refractivity contribution >= 4 is 35.0 Å². The highest BCUT2D eigenvalue weighted by molar-refractivity contribution is 6.13. The van der Waals surface area contributed by atoms with Crippen LogP contribution in [0.5, 0.6) is 5.75 Å². The van der Waals surface area contributed by atoms with E-state index in [1.54, 1.807) is 56.5 Å². The van der Waals surface area contributed by atoms with Crippen molar-refractivity contribution in [3.8, 4) is 5.75 Å². The summed E-state index contributed by atoms with van der Waals surface area (Å²) in [5, 5.41) is 8.20. The SMILES string of the molecule is CCOC(=O)Nc1ccc(C(=O)Nc2ccc(OC)cc2)c(NC(=O)c2ccc(C(C)(C)C)cc2)c1. The molecule has 3 aromatic carbocycles. The quantitative estimate of drug-likeness (QED) is 0.374. The number of hydrogen-bond donors (Lipinski definition) is 3. The van der Waals surface area contributed by atoms with Gasteiger partial charge in [-0.3, -0.25) is 14.9 Å². The normalized spacial score (nSPS) is 10.8. The van der Waals surface area contributed by atoms with Crippen LogP contribution in [0.1, 0.15) is 54.0 Å². The van der Waals surface area contributed by atoms with Gasteiger partial charge < -0.3 is 20.1 Å². The minimum atomic E-state index is -0.636. The third-order valence-corrected chi connectivity index (χ3v) is 5.40. The average Bonchev–Trinajstić information content (AvgIpc) is 2.84. The summed E-state index contributed by atoms with van der Waals surface area (Å²) < 4.78 is 10.1. The van der Waals surface area contributed by atoms with Crippen LogP contribution >= 0.6 is 0 Å². The minimum absolute atomic E-state index is 0.0468. The molecule has 0 saturated carbocycles. The van der Waals surface area contributed by atoms with E-state index in [-0.39, 0.29) is 29.2 Å². The first-order valence-electron chi connectivity index (χ1n) is 11.6. The smallest absolute Gasteiger partial charge is 0.411 e. The van der Waals surface area contributed by atoms with Crippen molar-refractivity contribution in [3.63, 3.8) is 0 Å². The van der Waals surface area contributed by atoms with Crippen LogP contribution in [0.3, 0.4) is 0 Å². The third-order valence-electron chi connectivity index (χ3n) is 5.40. The summed E-state index contributed by atoms with van der Waals surface area (Å²) in [6.07, 6.45) is -0.636. The molecule has 3 aromatic rings. The Balaban J connectivity index is 1.88. The maximum atomic E-state index is 13.1. The molecule has 0 radical (unpaired) electrons. The van der Waals surface area contributed by atoms with Gasteiger partial charge in [-0.1, -0.05) is 32.9 Å².